The number of sulfonamides is 1. The molecule has 1 heterocycles. The first-order valence-electron chi connectivity index (χ1n) is 6.04. The minimum Gasteiger partial charge on any atom is -0.376 e. The zero-order valence-electron chi connectivity index (χ0n) is 10.8. The molecule has 1 atom stereocenters. The van der Waals surface area contributed by atoms with Crippen LogP contribution in [0.2, 0.25) is 0 Å². The first-order valence-corrected chi connectivity index (χ1v) is 7.52. The van der Waals surface area contributed by atoms with E-state index in [0.717, 1.165) is 18.2 Å². The van der Waals surface area contributed by atoms with Crippen LogP contribution < -0.4 is 4.72 Å². The minimum absolute atomic E-state index is 0.115. The van der Waals surface area contributed by atoms with E-state index in [4.69, 9.17) is 9.47 Å². The summed E-state index contributed by atoms with van der Waals surface area (Å²) in [5.74, 6) is -1.21. The molecule has 0 radical (unpaired) electrons. The molecule has 1 unspecified atom stereocenters. The van der Waals surface area contributed by atoms with Crippen LogP contribution in [0.1, 0.15) is 0 Å². The summed E-state index contributed by atoms with van der Waals surface area (Å²) >= 11 is 0. The van der Waals surface area contributed by atoms with Gasteiger partial charge in [0.15, 0.2) is 4.90 Å². The van der Waals surface area contributed by atoms with E-state index in [-0.39, 0.29) is 13.2 Å². The Hall–Kier alpha value is -1.62. The highest BCUT2D eigenvalue weighted by Gasteiger charge is 2.30. The van der Waals surface area contributed by atoms with Crippen molar-refractivity contribution in [1.82, 2.24) is 4.72 Å². The Labute approximate surface area is 120 Å². The molecule has 1 fully saturated rings. The summed E-state index contributed by atoms with van der Waals surface area (Å²) in [6.45, 7) is 0.870. The largest absolute Gasteiger partial charge is 0.376 e. The molecule has 1 aliphatic rings. The molecule has 1 aromatic rings. The Bertz CT molecular complexity index is 630. The lowest BCUT2D eigenvalue weighted by atomic mass is 10.3. The van der Waals surface area contributed by atoms with Gasteiger partial charge in [-0.1, -0.05) is 6.07 Å². The van der Waals surface area contributed by atoms with Crippen molar-refractivity contribution in [1.29, 1.82) is 0 Å². The molecule has 0 amide bonds. The third-order valence-electron chi connectivity index (χ3n) is 2.81. The standard InChI is InChI=1S/C11H13FN2O6S/c12-9-2-1-3-10(11(9)14(15)16)21(17,18)13-6-8-7-19-4-5-20-8/h1-3,8,13H,4-7H2. The predicted molar refractivity (Wildman–Crippen MR) is 68.8 cm³/mol. The maximum absolute atomic E-state index is 13.4. The number of ether oxygens (including phenoxy) is 2. The van der Waals surface area contributed by atoms with E-state index in [1.807, 2.05) is 0 Å². The van der Waals surface area contributed by atoms with Gasteiger partial charge in [-0.15, -0.1) is 0 Å². The van der Waals surface area contributed by atoms with Crippen LogP contribution in [0.3, 0.4) is 0 Å². The van der Waals surface area contributed by atoms with Gasteiger partial charge in [0, 0.05) is 6.54 Å². The summed E-state index contributed by atoms with van der Waals surface area (Å²) in [7, 11) is -4.23. The lowest BCUT2D eigenvalue weighted by Crippen LogP contribution is -2.39. The van der Waals surface area contributed by atoms with Gasteiger partial charge in [-0.05, 0) is 12.1 Å². The number of nitro benzene ring substituents is 1. The molecule has 2 rings (SSSR count). The van der Waals surface area contributed by atoms with Crippen LogP contribution in [0.5, 0.6) is 0 Å². The van der Waals surface area contributed by atoms with Crippen molar-refractivity contribution in [3.8, 4) is 0 Å². The van der Waals surface area contributed by atoms with Crippen LogP contribution in [0.4, 0.5) is 10.1 Å². The Morgan fingerprint density at radius 3 is 2.81 bits per heavy atom. The molecule has 0 aliphatic carbocycles. The van der Waals surface area contributed by atoms with Gasteiger partial charge in [0.25, 0.3) is 0 Å². The summed E-state index contributed by atoms with van der Waals surface area (Å²) in [4.78, 5) is 9.04. The Morgan fingerprint density at radius 1 is 1.43 bits per heavy atom. The molecule has 0 bridgehead atoms. The molecule has 0 saturated carbocycles. The van der Waals surface area contributed by atoms with E-state index >= 15 is 0 Å². The molecule has 1 saturated heterocycles. The topological polar surface area (TPSA) is 108 Å². The van der Waals surface area contributed by atoms with Crippen molar-refractivity contribution in [3.63, 3.8) is 0 Å². The summed E-state index contributed by atoms with van der Waals surface area (Å²) in [6, 6.07) is 2.90. The number of benzene rings is 1. The van der Waals surface area contributed by atoms with E-state index in [1.165, 1.54) is 0 Å². The van der Waals surface area contributed by atoms with Crippen molar-refractivity contribution in [2.45, 2.75) is 11.0 Å². The van der Waals surface area contributed by atoms with Crippen LogP contribution >= 0.6 is 0 Å². The normalized spacial score (nSPS) is 19.4. The number of nitrogens with one attached hydrogen (secondary N) is 1. The SMILES string of the molecule is O=[N+]([O-])c1c(F)cccc1S(=O)(=O)NCC1COCCO1. The summed E-state index contributed by atoms with van der Waals surface area (Å²) < 4.78 is 50.1. The minimum atomic E-state index is -4.23. The van der Waals surface area contributed by atoms with Crippen molar-refractivity contribution in [2.24, 2.45) is 0 Å². The van der Waals surface area contributed by atoms with Crippen molar-refractivity contribution in [2.75, 3.05) is 26.4 Å². The molecule has 1 aromatic carbocycles. The zero-order chi connectivity index (χ0) is 15.5. The monoisotopic (exact) mass is 320 g/mol. The van der Waals surface area contributed by atoms with Crippen molar-refractivity contribution in [3.05, 3.63) is 34.1 Å². The Morgan fingerprint density at radius 2 is 2.19 bits per heavy atom. The van der Waals surface area contributed by atoms with Gasteiger partial charge >= 0.3 is 5.69 Å². The molecule has 21 heavy (non-hydrogen) atoms. The quantitative estimate of drug-likeness (QED) is 0.622. The van der Waals surface area contributed by atoms with Crippen LogP contribution in [0, 0.1) is 15.9 Å². The van der Waals surface area contributed by atoms with E-state index in [1.54, 1.807) is 0 Å². The molecule has 1 aliphatic heterocycles. The van der Waals surface area contributed by atoms with Gasteiger partial charge in [-0.25, -0.2) is 13.1 Å². The third-order valence-corrected chi connectivity index (χ3v) is 4.26. The number of rotatable bonds is 5. The number of hydrogen-bond acceptors (Lipinski definition) is 6. The van der Waals surface area contributed by atoms with Crippen LogP contribution in [-0.4, -0.2) is 45.8 Å². The summed E-state index contributed by atoms with van der Waals surface area (Å²) in [5.41, 5.74) is -1.08. The molecular formula is C11H13FN2O6S. The van der Waals surface area contributed by atoms with E-state index in [2.05, 4.69) is 4.72 Å². The maximum Gasteiger partial charge on any atom is 0.324 e. The smallest absolute Gasteiger partial charge is 0.324 e. The second kappa shape index (κ2) is 6.43. The Balaban J connectivity index is 2.19. The molecule has 116 valence electrons. The van der Waals surface area contributed by atoms with Gasteiger partial charge in [-0.3, -0.25) is 10.1 Å². The molecule has 0 aromatic heterocycles. The average molecular weight is 320 g/mol. The highest BCUT2D eigenvalue weighted by Crippen LogP contribution is 2.26. The highest BCUT2D eigenvalue weighted by atomic mass is 32.2. The summed E-state index contributed by atoms with van der Waals surface area (Å²) in [5, 5.41) is 10.8. The summed E-state index contributed by atoms with van der Waals surface area (Å²) in [6.07, 6.45) is -0.485. The maximum atomic E-state index is 13.4. The lowest BCUT2D eigenvalue weighted by Gasteiger charge is -2.22. The van der Waals surface area contributed by atoms with Gasteiger partial charge in [0.05, 0.1) is 30.8 Å². The number of nitro groups is 1. The average Bonchev–Trinajstić information content (AvgIpc) is 2.46. The molecule has 1 N–H and O–H groups in total. The van der Waals surface area contributed by atoms with E-state index in [9.17, 15) is 22.9 Å². The fourth-order valence-corrected chi connectivity index (χ4v) is 3.07. The second-order valence-electron chi connectivity index (χ2n) is 4.26. The van der Waals surface area contributed by atoms with E-state index < -0.39 is 37.5 Å². The first kappa shape index (κ1) is 15.8. The fourth-order valence-electron chi connectivity index (χ4n) is 1.82. The number of para-hydroxylation sites is 1. The van der Waals surface area contributed by atoms with Crippen molar-refractivity contribution >= 4 is 15.7 Å². The Kier molecular flexibility index (Phi) is 4.83. The van der Waals surface area contributed by atoms with Gasteiger partial charge < -0.3 is 9.47 Å². The highest BCUT2D eigenvalue weighted by molar-refractivity contribution is 7.89. The molecule has 10 heteroatoms. The third kappa shape index (κ3) is 3.73. The second-order valence-corrected chi connectivity index (χ2v) is 6.00. The number of hydrogen-bond donors (Lipinski definition) is 1. The van der Waals surface area contributed by atoms with Crippen LogP contribution in [0.15, 0.2) is 23.1 Å². The number of nitrogens with zero attached hydrogens (tertiary/aromatic N) is 1. The molecule has 8 nitrogen and oxygen atoms in total. The van der Waals surface area contributed by atoms with Crippen molar-refractivity contribution < 1.29 is 27.2 Å². The predicted octanol–water partition coefficient (Wildman–Crippen LogP) is 0.428. The zero-order valence-corrected chi connectivity index (χ0v) is 11.6. The molecule has 0 spiro atoms. The number of halogens is 1. The van der Waals surface area contributed by atoms with Crippen LogP contribution in [-0.2, 0) is 19.5 Å². The lowest BCUT2D eigenvalue weighted by molar-refractivity contribution is -0.390. The van der Waals surface area contributed by atoms with Crippen LogP contribution in [0.25, 0.3) is 0 Å². The van der Waals surface area contributed by atoms with Gasteiger partial charge in [0.1, 0.15) is 0 Å². The first-order chi connectivity index (χ1) is 9.92. The van der Waals surface area contributed by atoms with Gasteiger partial charge in [-0.2, -0.15) is 4.39 Å². The molecular weight excluding hydrogens is 307 g/mol. The fraction of sp³-hybridized carbons (Fsp3) is 0.455. The van der Waals surface area contributed by atoms with E-state index in [0.29, 0.717) is 13.2 Å². The van der Waals surface area contributed by atoms with Gasteiger partial charge in [0.2, 0.25) is 15.8 Å².